The molecule has 0 fully saturated rings. The fourth-order valence-corrected chi connectivity index (χ4v) is 1.32. The molecule has 1 aromatic heterocycles. The van der Waals surface area contributed by atoms with Crippen LogP contribution in [0.2, 0.25) is 5.02 Å². The Morgan fingerprint density at radius 3 is 2.71 bits per heavy atom. The molecule has 2 aromatic rings. The molecule has 88 valence electrons. The van der Waals surface area contributed by atoms with Gasteiger partial charge in [0.05, 0.1) is 10.7 Å². The van der Waals surface area contributed by atoms with Crippen LogP contribution in [0.5, 0.6) is 11.6 Å². The lowest BCUT2D eigenvalue weighted by atomic mass is 10.3. The van der Waals surface area contributed by atoms with Crippen molar-refractivity contribution in [1.29, 1.82) is 0 Å². The van der Waals surface area contributed by atoms with Crippen LogP contribution in [-0.4, -0.2) is 4.98 Å². The smallest absolute Gasteiger partial charge is 0.256 e. The molecule has 0 bridgehead atoms. The van der Waals surface area contributed by atoms with Gasteiger partial charge < -0.3 is 10.5 Å². The van der Waals surface area contributed by atoms with Crippen molar-refractivity contribution < 1.29 is 13.5 Å². The number of benzene rings is 1. The minimum atomic E-state index is -0.749. The Morgan fingerprint density at radius 1 is 1.24 bits per heavy atom. The summed E-state index contributed by atoms with van der Waals surface area (Å²) >= 11 is 5.53. The van der Waals surface area contributed by atoms with Gasteiger partial charge >= 0.3 is 0 Å². The predicted molar refractivity (Wildman–Crippen MR) is 60.1 cm³/mol. The molecule has 0 saturated carbocycles. The number of nitrogens with two attached hydrogens (primary N) is 1. The van der Waals surface area contributed by atoms with Crippen molar-refractivity contribution in [3.05, 3.63) is 47.1 Å². The van der Waals surface area contributed by atoms with Gasteiger partial charge in [-0.1, -0.05) is 11.6 Å². The molecule has 0 aliphatic carbocycles. The molecular formula is C11H7ClF2N2O. The average Bonchev–Trinajstić information content (AvgIpc) is 2.27. The third-order valence-corrected chi connectivity index (χ3v) is 2.16. The van der Waals surface area contributed by atoms with Gasteiger partial charge in [-0.3, -0.25) is 0 Å². The number of aromatic nitrogens is 1. The molecule has 3 nitrogen and oxygen atoms in total. The molecular weight excluding hydrogens is 250 g/mol. The summed E-state index contributed by atoms with van der Waals surface area (Å²) in [5.41, 5.74) is 5.73. The van der Waals surface area contributed by atoms with Crippen molar-refractivity contribution in [3.63, 3.8) is 0 Å². The second kappa shape index (κ2) is 4.55. The van der Waals surface area contributed by atoms with E-state index < -0.39 is 11.6 Å². The number of ether oxygens (including phenoxy) is 1. The van der Waals surface area contributed by atoms with E-state index in [4.69, 9.17) is 22.1 Å². The van der Waals surface area contributed by atoms with Crippen molar-refractivity contribution >= 4 is 17.3 Å². The highest BCUT2D eigenvalue weighted by atomic mass is 35.5. The van der Waals surface area contributed by atoms with Crippen molar-refractivity contribution in [3.8, 4) is 11.6 Å². The maximum absolute atomic E-state index is 13.4. The van der Waals surface area contributed by atoms with Crippen LogP contribution in [0.3, 0.4) is 0 Å². The summed E-state index contributed by atoms with van der Waals surface area (Å²) in [6.07, 6.45) is 1.22. The third kappa shape index (κ3) is 2.62. The number of halogens is 3. The zero-order valence-electron chi connectivity index (χ0n) is 8.45. The van der Waals surface area contributed by atoms with Crippen LogP contribution in [0, 0.1) is 11.6 Å². The first-order valence-electron chi connectivity index (χ1n) is 4.60. The molecule has 2 rings (SSSR count). The molecule has 1 heterocycles. The van der Waals surface area contributed by atoms with E-state index in [0.29, 0.717) is 0 Å². The van der Waals surface area contributed by atoms with Crippen LogP contribution in [0.4, 0.5) is 14.5 Å². The van der Waals surface area contributed by atoms with Gasteiger partial charge in [0.2, 0.25) is 0 Å². The predicted octanol–water partition coefficient (Wildman–Crippen LogP) is 3.39. The lowest BCUT2D eigenvalue weighted by Crippen LogP contribution is -1.96. The first-order valence-corrected chi connectivity index (χ1v) is 4.98. The summed E-state index contributed by atoms with van der Waals surface area (Å²) in [4.78, 5) is 3.64. The van der Waals surface area contributed by atoms with E-state index in [1.807, 2.05) is 0 Å². The lowest BCUT2D eigenvalue weighted by Gasteiger charge is -2.08. The third-order valence-electron chi connectivity index (χ3n) is 1.96. The fourth-order valence-electron chi connectivity index (χ4n) is 1.18. The van der Waals surface area contributed by atoms with Crippen LogP contribution in [0.15, 0.2) is 30.5 Å². The molecule has 0 aliphatic heterocycles. The normalized spacial score (nSPS) is 10.3. The molecule has 1 aromatic carbocycles. The number of nitrogens with zero attached hydrogens (tertiary/aromatic N) is 1. The minimum absolute atomic E-state index is 0.00118. The van der Waals surface area contributed by atoms with Gasteiger partial charge in [0, 0.05) is 12.3 Å². The van der Waals surface area contributed by atoms with Crippen molar-refractivity contribution in [2.75, 3.05) is 5.73 Å². The second-order valence-corrected chi connectivity index (χ2v) is 3.66. The van der Waals surface area contributed by atoms with Gasteiger partial charge in [-0.15, -0.1) is 0 Å². The zero-order valence-corrected chi connectivity index (χ0v) is 9.21. The lowest BCUT2D eigenvalue weighted by molar-refractivity contribution is 0.421. The van der Waals surface area contributed by atoms with E-state index >= 15 is 0 Å². The fraction of sp³-hybridized carbons (Fsp3) is 0. The Hall–Kier alpha value is -1.88. The summed E-state index contributed by atoms with van der Waals surface area (Å²) in [5.74, 6) is -1.60. The molecule has 0 amide bonds. The first kappa shape index (κ1) is 11.6. The summed E-state index contributed by atoms with van der Waals surface area (Å²) in [5, 5.41) is 0.141. The topological polar surface area (TPSA) is 48.1 Å². The number of nitrogen functional groups attached to an aromatic ring is 1. The van der Waals surface area contributed by atoms with E-state index in [1.165, 1.54) is 18.3 Å². The highest BCUT2D eigenvalue weighted by Crippen LogP contribution is 2.29. The summed E-state index contributed by atoms with van der Waals surface area (Å²) < 4.78 is 31.4. The summed E-state index contributed by atoms with van der Waals surface area (Å²) in [6, 6.07) is 4.58. The second-order valence-electron chi connectivity index (χ2n) is 3.22. The van der Waals surface area contributed by atoms with Crippen molar-refractivity contribution in [1.82, 2.24) is 4.98 Å². The molecule has 0 saturated heterocycles. The van der Waals surface area contributed by atoms with E-state index in [9.17, 15) is 8.78 Å². The van der Waals surface area contributed by atoms with Crippen LogP contribution in [0.1, 0.15) is 0 Å². The molecule has 6 heteroatoms. The van der Waals surface area contributed by atoms with Gasteiger partial charge in [0.15, 0.2) is 11.6 Å². The SMILES string of the molecule is Nc1ccc(F)cc1Oc1ncc(Cl)cc1F. The van der Waals surface area contributed by atoms with Crippen molar-refractivity contribution in [2.24, 2.45) is 0 Å². The van der Waals surface area contributed by atoms with E-state index in [1.54, 1.807) is 0 Å². The summed E-state index contributed by atoms with van der Waals surface area (Å²) in [6.45, 7) is 0. The van der Waals surface area contributed by atoms with E-state index in [2.05, 4.69) is 4.98 Å². The number of hydrogen-bond donors (Lipinski definition) is 1. The quantitative estimate of drug-likeness (QED) is 0.838. The molecule has 0 spiro atoms. The van der Waals surface area contributed by atoms with Gasteiger partial charge in [-0.2, -0.15) is 0 Å². The molecule has 0 aliphatic rings. The Balaban J connectivity index is 2.34. The Kier molecular flexibility index (Phi) is 3.10. The van der Waals surface area contributed by atoms with Gasteiger partial charge in [0.1, 0.15) is 5.82 Å². The molecule has 17 heavy (non-hydrogen) atoms. The maximum Gasteiger partial charge on any atom is 0.256 e. The molecule has 2 N–H and O–H groups in total. The highest BCUT2D eigenvalue weighted by Gasteiger charge is 2.10. The molecule has 0 unspecified atom stereocenters. The maximum atomic E-state index is 13.4. The average molecular weight is 257 g/mol. The zero-order chi connectivity index (χ0) is 12.4. The number of rotatable bonds is 2. The standard InChI is InChI=1S/C11H7ClF2N2O/c12-6-3-8(14)11(16-5-6)17-10-4-7(13)1-2-9(10)15/h1-5H,15H2. The number of hydrogen-bond acceptors (Lipinski definition) is 3. The van der Waals surface area contributed by atoms with Crippen LogP contribution in [-0.2, 0) is 0 Å². The number of anilines is 1. The van der Waals surface area contributed by atoms with Gasteiger partial charge in [-0.25, -0.2) is 13.8 Å². The monoisotopic (exact) mass is 256 g/mol. The first-order chi connectivity index (χ1) is 8.06. The van der Waals surface area contributed by atoms with E-state index in [-0.39, 0.29) is 22.3 Å². The number of pyridine rings is 1. The highest BCUT2D eigenvalue weighted by molar-refractivity contribution is 6.30. The molecule has 0 radical (unpaired) electrons. The van der Waals surface area contributed by atoms with Gasteiger partial charge in [-0.05, 0) is 18.2 Å². The van der Waals surface area contributed by atoms with Crippen LogP contribution in [0.25, 0.3) is 0 Å². The minimum Gasteiger partial charge on any atom is -0.434 e. The van der Waals surface area contributed by atoms with Crippen LogP contribution >= 0.6 is 11.6 Å². The Labute approximate surface area is 101 Å². The van der Waals surface area contributed by atoms with E-state index in [0.717, 1.165) is 12.1 Å². The summed E-state index contributed by atoms with van der Waals surface area (Å²) in [7, 11) is 0. The van der Waals surface area contributed by atoms with Crippen molar-refractivity contribution in [2.45, 2.75) is 0 Å². The van der Waals surface area contributed by atoms with Gasteiger partial charge in [0.25, 0.3) is 5.88 Å². The Morgan fingerprint density at radius 2 is 2.00 bits per heavy atom. The van der Waals surface area contributed by atoms with Crippen LogP contribution < -0.4 is 10.5 Å². The molecule has 0 atom stereocenters. The largest absolute Gasteiger partial charge is 0.434 e. The Bertz CT molecular complexity index is 563.